The van der Waals surface area contributed by atoms with Gasteiger partial charge in [-0.1, -0.05) is 42.0 Å². The molecule has 1 aromatic heterocycles. The van der Waals surface area contributed by atoms with Gasteiger partial charge in [-0.25, -0.2) is 4.98 Å². The van der Waals surface area contributed by atoms with Crippen LogP contribution >= 0.6 is 0 Å². The lowest BCUT2D eigenvalue weighted by molar-refractivity contribution is -0.138. The van der Waals surface area contributed by atoms with Crippen LogP contribution in [0.2, 0.25) is 0 Å². The topological polar surface area (TPSA) is 38.1 Å². The zero-order valence-electron chi connectivity index (χ0n) is 17.5. The van der Waals surface area contributed by atoms with E-state index in [1.807, 2.05) is 28.5 Å². The van der Waals surface area contributed by atoms with Gasteiger partial charge in [-0.15, -0.1) is 0 Å². The molecule has 1 aromatic carbocycles. The van der Waals surface area contributed by atoms with Crippen molar-refractivity contribution in [3.05, 3.63) is 77.4 Å². The van der Waals surface area contributed by atoms with Crippen molar-refractivity contribution in [2.24, 2.45) is 5.92 Å². The predicted octanol–water partition coefficient (Wildman–Crippen LogP) is 5.18. The number of nitrogens with zero attached hydrogens (tertiary/aromatic N) is 3. The molecule has 2 aromatic rings. The largest absolute Gasteiger partial charge is 0.416 e. The van der Waals surface area contributed by atoms with Gasteiger partial charge in [-0.3, -0.25) is 4.79 Å². The number of piperidine rings is 1. The predicted molar refractivity (Wildman–Crippen MR) is 112 cm³/mol. The van der Waals surface area contributed by atoms with Crippen LogP contribution in [0.25, 0.3) is 0 Å². The Hall–Kier alpha value is -2.83. The van der Waals surface area contributed by atoms with Gasteiger partial charge >= 0.3 is 6.18 Å². The fourth-order valence-electron chi connectivity index (χ4n) is 4.51. The maximum atomic E-state index is 13.4. The minimum absolute atomic E-state index is 0.121. The molecule has 31 heavy (non-hydrogen) atoms. The molecule has 0 radical (unpaired) electrons. The van der Waals surface area contributed by atoms with Crippen LogP contribution < -0.4 is 0 Å². The lowest BCUT2D eigenvalue weighted by Crippen LogP contribution is -2.41. The molecule has 4 rings (SSSR count). The number of carbonyl (C=O) groups excluding carboxylic acids is 1. The van der Waals surface area contributed by atoms with E-state index in [2.05, 4.69) is 11.1 Å². The Kier molecular flexibility index (Phi) is 6.03. The molecule has 1 aliphatic carbocycles. The summed E-state index contributed by atoms with van der Waals surface area (Å²) < 4.78 is 41.9. The van der Waals surface area contributed by atoms with Gasteiger partial charge in [0.1, 0.15) is 5.82 Å². The highest BCUT2D eigenvalue weighted by molar-refractivity contribution is 5.83. The summed E-state index contributed by atoms with van der Waals surface area (Å²) in [5, 5.41) is 0. The molecule has 1 fully saturated rings. The molecule has 0 bridgehead atoms. The Bertz CT molecular complexity index is 997. The monoisotopic (exact) mass is 429 g/mol. The van der Waals surface area contributed by atoms with Gasteiger partial charge in [0.05, 0.1) is 11.5 Å². The van der Waals surface area contributed by atoms with E-state index in [1.54, 1.807) is 18.5 Å². The first-order valence-corrected chi connectivity index (χ1v) is 10.6. The number of amides is 1. The van der Waals surface area contributed by atoms with Crippen molar-refractivity contribution in [2.45, 2.75) is 44.8 Å². The summed E-state index contributed by atoms with van der Waals surface area (Å²) in [6.07, 6.45) is 7.47. The zero-order chi connectivity index (χ0) is 22.0. The first-order chi connectivity index (χ1) is 14.8. The molecule has 2 aliphatic rings. The van der Waals surface area contributed by atoms with Crippen LogP contribution in [0, 0.1) is 5.92 Å². The van der Waals surface area contributed by atoms with E-state index in [1.165, 1.54) is 12.1 Å². The smallest absolute Gasteiger partial charge is 0.342 e. The number of carbonyl (C=O) groups is 1. The summed E-state index contributed by atoms with van der Waals surface area (Å²) >= 11 is 0. The van der Waals surface area contributed by atoms with Crippen LogP contribution in [-0.4, -0.2) is 33.4 Å². The van der Waals surface area contributed by atoms with E-state index in [4.69, 9.17) is 0 Å². The number of imidazole rings is 1. The molecule has 2 heterocycles. The van der Waals surface area contributed by atoms with Gasteiger partial charge in [0.2, 0.25) is 5.91 Å². The standard InChI is InChI=1S/C24H26F3N3O/c1-17-6-2-4-8-20(17)23(31)29-13-10-18(11-14-29)22-28-12-15-30(22)16-19-7-3-5-9-21(19)24(25,26)27/h3-9,12,15,18,20H,2,10-11,13-14,16H2,1H3. The van der Waals surface area contributed by atoms with Crippen LogP contribution in [0.4, 0.5) is 13.2 Å². The summed E-state index contributed by atoms with van der Waals surface area (Å²) in [5.74, 6) is 0.866. The van der Waals surface area contributed by atoms with Crippen LogP contribution in [0.1, 0.15) is 49.1 Å². The number of alkyl halides is 3. The first kappa shape index (κ1) is 21.4. The SMILES string of the molecule is CC1=CCC=CC1C(=O)N1CCC(c2nccn2Cc2ccccc2C(F)(F)F)CC1. The fourth-order valence-corrected chi connectivity index (χ4v) is 4.51. The van der Waals surface area contributed by atoms with Crippen LogP contribution in [0.3, 0.4) is 0 Å². The Morgan fingerprint density at radius 3 is 2.65 bits per heavy atom. The maximum absolute atomic E-state index is 13.4. The third-order valence-corrected chi connectivity index (χ3v) is 6.24. The van der Waals surface area contributed by atoms with Gasteiger partial charge in [0.25, 0.3) is 0 Å². The van der Waals surface area contributed by atoms with Crippen molar-refractivity contribution in [1.82, 2.24) is 14.5 Å². The van der Waals surface area contributed by atoms with Crippen LogP contribution in [0.15, 0.2) is 60.5 Å². The molecule has 0 spiro atoms. The second-order valence-electron chi connectivity index (χ2n) is 8.26. The fraction of sp³-hybridized carbons (Fsp3) is 0.417. The Morgan fingerprint density at radius 1 is 1.19 bits per heavy atom. The zero-order valence-corrected chi connectivity index (χ0v) is 17.5. The van der Waals surface area contributed by atoms with Crippen molar-refractivity contribution in [2.75, 3.05) is 13.1 Å². The number of aromatic nitrogens is 2. The van der Waals surface area contributed by atoms with Gasteiger partial charge in [0, 0.05) is 37.9 Å². The van der Waals surface area contributed by atoms with Crippen molar-refractivity contribution < 1.29 is 18.0 Å². The number of rotatable bonds is 4. The van der Waals surface area contributed by atoms with E-state index >= 15 is 0 Å². The molecule has 1 amide bonds. The second kappa shape index (κ2) is 8.73. The number of hydrogen-bond acceptors (Lipinski definition) is 2. The van der Waals surface area contributed by atoms with Crippen molar-refractivity contribution >= 4 is 5.91 Å². The Morgan fingerprint density at radius 2 is 1.94 bits per heavy atom. The number of likely N-dealkylation sites (tertiary alicyclic amines) is 1. The lowest BCUT2D eigenvalue weighted by atomic mass is 9.90. The number of hydrogen-bond donors (Lipinski definition) is 0. The molecular weight excluding hydrogens is 403 g/mol. The maximum Gasteiger partial charge on any atom is 0.416 e. The van der Waals surface area contributed by atoms with Gasteiger partial charge in [0.15, 0.2) is 0 Å². The molecule has 0 N–H and O–H groups in total. The lowest BCUT2D eigenvalue weighted by Gasteiger charge is -2.34. The van der Waals surface area contributed by atoms with Gasteiger partial charge < -0.3 is 9.47 Å². The third kappa shape index (κ3) is 4.60. The minimum Gasteiger partial charge on any atom is -0.342 e. The molecule has 4 nitrogen and oxygen atoms in total. The normalized spacial score (nSPS) is 20.1. The number of allylic oxidation sites excluding steroid dienone is 2. The molecule has 1 atom stereocenters. The molecule has 164 valence electrons. The molecule has 0 saturated carbocycles. The number of benzene rings is 1. The Labute approximate surface area is 180 Å². The highest BCUT2D eigenvalue weighted by Gasteiger charge is 2.34. The average molecular weight is 429 g/mol. The third-order valence-electron chi connectivity index (χ3n) is 6.24. The van der Waals surface area contributed by atoms with E-state index in [9.17, 15) is 18.0 Å². The second-order valence-corrected chi connectivity index (χ2v) is 8.26. The summed E-state index contributed by atoms with van der Waals surface area (Å²) in [6.45, 7) is 3.38. The van der Waals surface area contributed by atoms with E-state index in [-0.39, 0.29) is 29.9 Å². The first-order valence-electron chi connectivity index (χ1n) is 10.6. The average Bonchev–Trinajstić information content (AvgIpc) is 3.21. The highest BCUT2D eigenvalue weighted by Crippen LogP contribution is 2.34. The van der Waals surface area contributed by atoms with Crippen LogP contribution in [-0.2, 0) is 17.5 Å². The molecule has 1 saturated heterocycles. The summed E-state index contributed by atoms with van der Waals surface area (Å²) in [6, 6.07) is 5.67. The summed E-state index contributed by atoms with van der Waals surface area (Å²) in [7, 11) is 0. The van der Waals surface area contributed by atoms with Gasteiger partial charge in [-0.05, 0) is 37.8 Å². The quantitative estimate of drug-likeness (QED) is 0.629. The van der Waals surface area contributed by atoms with Crippen molar-refractivity contribution in [3.63, 3.8) is 0 Å². The van der Waals surface area contributed by atoms with Crippen molar-refractivity contribution in [1.29, 1.82) is 0 Å². The van der Waals surface area contributed by atoms with E-state index in [0.29, 0.717) is 13.1 Å². The molecular formula is C24H26F3N3O. The minimum atomic E-state index is -4.39. The van der Waals surface area contributed by atoms with Gasteiger partial charge in [-0.2, -0.15) is 13.2 Å². The van der Waals surface area contributed by atoms with Crippen molar-refractivity contribution in [3.8, 4) is 0 Å². The van der Waals surface area contributed by atoms with E-state index < -0.39 is 11.7 Å². The summed E-state index contributed by atoms with van der Waals surface area (Å²) in [4.78, 5) is 19.3. The molecule has 1 aliphatic heterocycles. The Balaban J connectivity index is 1.44. The number of halogens is 3. The highest BCUT2D eigenvalue weighted by atomic mass is 19.4. The molecule has 1 unspecified atom stereocenters. The van der Waals surface area contributed by atoms with E-state index in [0.717, 1.165) is 36.7 Å². The van der Waals surface area contributed by atoms with Crippen LogP contribution in [0.5, 0.6) is 0 Å². The molecule has 7 heteroatoms. The summed E-state index contributed by atoms with van der Waals surface area (Å²) in [5.41, 5.74) is 0.709.